The molecule has 0 heterocycles. The molecule has 0 aliphatic carbocycles. The summed E-state index contributed by atoms with van der Waals surface area (Å²) in [5.74, 6) is -0.874. The number of hydrogen-bond acceptors (Lipinski definition) is 7. The maximum Gasteiger partial charge on any atom is 0.416 e. The molecule has 2 aromatic carbocycles. The fraction of sp³-hybridized carbons (Fsp3) is 0.417. The van der Waals surface area contributed by atoms with Gasteiger partial charge in [0.25, 0.3) is 5.91 Å². The molecule has 0 spiro atoms. The number of halogens is 3. The Bertz CT molecular complexity index is 996. The Morgan fingerprint density at radius 2 is 1.63 bits per heavy atom. The first-order chi connectivity index (χ1) is 16.7. The zero-order valence-electron chi connectivity index (χ0n) is 19.7. The molecular formula is C24H28F3NO7. The van der Waals surface area contributed by atoms with Gasteiger partial charge < -0.3 is 29.0 Å². The third-order valence-electron chi connectivity index (χ3n) is 4.62. The van der Waals surface area contributed by atoms with Crippen molar-refractivity contribution in [3.05, 3.63) is 47.5 Å². The van der Waals surface area contributed by atoms with E-state index in [4.69, 9.17) is 23.7 Å². The molecule has 0 aliphatic heterocycles. The lowest BCUT2D eigenvalue weighted by Gasteiger charge is -2.15. The third kappa shape index (κ3) is 8.67. The van der Waals surface area contributed by atoms with Crippen LogP contribution in [0.15, 0.2) is 36.4 Å². The first kappa shape index (κ1) is 27.8. The minimum Gasteiger partial charge on any atom is -0.493 e. The predicted molar refractivity (Wildman–Crippen MR) is 121 cm³/mol. The lowest BCUT2D eigenvalue weighted by atomic mass is 10.1. The fourth-order valence-electron chi connectivity index (χ4n) is 2.81. The average molecular weight is 499 g/mol. The van der Waals surface area contributed by atoms with Crippen molar-refractivity contribution in [2.45, 2.75) is 25.9 Å². The Morgan fingerprint density at radius 1 is 0.914 bits per heavy atom. The summed E-state index contributed by atoms with van der Waals surface area (Å²) < 4.78 is 65.4. The molecule has 0 saturated carbocycles. The number of unbranched alkanes of at least 4 members (excludes halogenated alkanes) is 1. The molecule has 1 amide bonds. The van der Waals surface area contributed by atoms with E-state index in [2.05, 4.69) is 5.32 Å². The lowest BCUT2D eigenvalue weighted by molar-refractivity contribution is -0.137. The maximum absolute atomic E-state index is 13.1. The van der Waals surface area contributed by atoms with Crippen molar-refractivity contribution in [2.75, 3.05) is 46.0 Å². The van der Waals surface area contributed by atoms with E-state index < -0.39 is 30.2 Å². The summed E-state index contributed by atoms with van der Waals surface area (Å²) in [4.78, 5) is 24.7. The van der Waals surface area contributed by atoms with E-state index in [-0.39, 0.29) is 30.2 Å². The molecular weight excluding hydrogens is 471 g/mol. The number of nitrogens with one attached hydrogen (secondary N) is 1. The number of amides is 1. The van der Waals surface area contributed by atoms with Gasteiger partial charge in [-0.25, -0.2) is 4.79 Å². The summed E-state index contributed by atoms with van der Waals surface area (Å²) in [6.07, 6.45) is -2.81. The number of carbonyl (C=O) groups is 2. The van der Waals surface area contributed by atoms with Crippen LogP contribution in [0.25, 0.3) is 0 Å². The maximum atomic E-state index is 13.1. The van der Waals surface area contributed by atoms with Crippen LogP contribution in [0.3, 0.4) is 0 Å². The molecule has 0 saturated heterocycles. The van der Waals surface area contributed by atoms with Gasteiger partial charge in [0.1, 0.15) is 12.4 Å². The van der Waals surface area contributed by atoms with E-state index in [1.807, 2.05) is 6.92 Å². The summed E-state index contributed by atoms with van der Waals surface area (Å²) in [5.41, 5.74) is -1.08. The van der Waals surface area contributed by atoms with E-state index in [0.29, 0.717) is 18.1 Å². The van der Waals surface area contributed by atoms with Gasteiger partial charge in [-0.3, -0.25) is 4.79 Å². The minimum absolute atomic E-state index is 0.0122. The topological polar surface area (TPSA) is 92.3 Å². The van der Waals surface area contributed by atoms with Crippen molar-refractivity contribution in [3.8, 4) is 17.2 Å². The van der Waals surface area contributed by atoms with Crippen LogP contribution in [0.4, 0.5) is 18.9 Å². The summed E-state index contributed by atoms with van der Waals surface area (Å²) in [6, 6.07) is 7.09. The largest absolute Gasteiger partial charge is 0.493 e. The molecule has 2 rings (SSSR count). The van der Waals surface area contributed by atoms with E-state index in [9.17, 15) is 22.8 Å². The van der Waals surface area contributed by atoms with E-state index in [1.54, 1.807) is 6.07 Å². The van der Waals surface area contributed by atoms with Gasteiger partial charge in [0.2, 0.25) is 0 Å². The van der Waals surface area contributed by atoms with Crippen molar-refractivity contribution < 1.29 is 46.4 Å². The molecule has 0 bridgehead atoms. The Morgan fingerprint density at radius 3 is 2.29 bits per heavy atom. The summed E-state index contributed by atoms with van der Waals surface area (Å²) in [6.45, 7) is 2.03. The van der Waals surface area contributed by atoms with Crippen LogP contribution in [0.5, 0.6) is 17.2 Å². The van der Waals surface area contributed by atoms with Crippen LogP contribution in [0.1, 0.15) is 35.7 Å². The van der Waals surface area contributed by atoms with E-state index in [0.717, 1.165) is 31.0 Å². The second-order valence-corrected chi connectivity index (χ2v) is 7.24. The Kier molecular flexibility index (Phi) is 10.7. The normalized spacial score (nSPS) is 11.0. The van der Waals surface area contributed by atoms with Gasteiger partial charge in [-0.2, -0.15) is 13.2 Å². The Balaban J connectivity index is 2.05. The number of methoxy groups -OCH3 is 2. The first-order valence-corrected chi connectivity index (χ1v) is 10.8. The fourth-order valence-corrected chi connectivity index (χ4v) is 2.81. The summed E-state index contributed by atoms with van der Waals surface area (Å²) in [5, 5.41) is 2.29. The van der Waals surface area contributed by atoms with Crippen LogP contribution < -0.4 is 19.5 Å². The summed E-state index contributed by atoms with van der Waals surface area (Å²) in [7, 11) is 2.86. The molecule has 11 heteroatoms. The molecule has 2 aromatic rings. The van der Waals surface area contributed by atoms with Crippen molar-refractivity contribution in [1.82, 2.24) is 0 Å². The van der Waals surface area contributed by atoms with Gasteiger partial charge in [-0.1, -0.05) is 13.3 Å². The number of ether oxygens (including phenoxy) is 5. The first-order valence-electron chi connectivity index (χ1n) is 10.8. The highest BCUT2D eigenvalue weighted by Crippen LogP contribution is 2.35. The smallest absolute Gasteiger partial charge is 0.416 e. The average Bonchev–Trinajstić information content (AvgIpc) is 2.83. The number of esters is 1. The van der Waals surface area contributed by atoms with Crippen molar-refractivity contribution in [2.24, 2.45) is 0 Å². The SMILES string of the molecule is CCCCOc1ccc(C(=O)OCC(=O)Nc2cc(C(F)(F)F)ccc2OCCOC)cc1OC. The molecule has 0 fully saturated rings. The van der Waals surface area contributed by atoms with Crippen LogP contribution in [0, 0.1) is 0 Å². The molecule has 8 nitrogen and oxygen atoms in total. The number of rotatable bonds is 13. The molecule has 192 valence electrons. The van der Waals surface area contributed by atoms with Crippen LogP contribution in [-0.4, -0.2) is 52.5 Å². The van der Waals surface area contributed by atoms with Gasteiger partial charge in [0.15, 0.2) is 18.1 Å². The van der Waals surface area contributed by atoms with Crippen molar-refractivity contribution >= 4 is 17.6 Å². The molecule has 1 N–H and O–H groups in total. The van der Waals surface area contributed by atoms with E-state index >= 15 is 0 Å². The second kappa shape index (κ2) is 13.4. The number of hydrogen-bond donors (Lipinski definition) is 1. The molecule has 0 atom stereocenters. The minimum atomic E-state index is -4.62. The van der Waals surface area contributed by atoms with Gasteiger partial charge in [0, 0.05) is 7.11 Å². The van der Waals surface area contributed by atoms with Crippen molar-refractivity contribution in [1.29, 1.82) is 0 Å². The highest BCUT2D eigenvalue weighted by atomic mass is 19.4. The molecule has 0 aliphatic rings. The molecule has 0 radical (unpaired) electrons. The predicted octanol–water partition coefficient (Wildman–Crippen LogP) is 4.71. The number of alkyl halides is 3. The monoisotopic (exact) mass is 499 g/mol. The van der Waals surface area contributed by atoms with Crippen LogP contribution in [0.2, 0.25) is 0 Å². The summed E-state index contributed by atoms with van der Waals surface area (Å²) >= 11 is 0. The molecule has 0 unspecified atom stereocenters. The molecule has 0 aromatic heterocycles. The zero-order valence-corrected chi connectivity index (χ0v) is 19.7. The quantitative estimate of drug-likeness (QED) is 0.315. The van der Waals surface area contributed by atoms with Crippen LogP contribution >= 0.6 is 0 Å². The van der Waals surface area contributed by atoms with Gasteiger partial charge in [0.05, 0.1) is 37.1 Å². The Labute approximate surface area is 201 Å². The van der Waals surface area contributed by atoms with Crippen LogP contribution in [-0.2, 0) is 20.4 Å². The highest BCUT2D eigenvalue weighted by Gasteiger charge is 2.31. The number of carbonyl (C=O) groups excluding carboxylic acids is 2. The highest BCUT2D eigenvalue weighted by molar-refractivity contribution is 5.96. The second-order valence-electron chi connectivity index (χ2n) is 7.24. The van der Waals surface area contributed by atoms with E-state index in [1.165, 1.54) is 26.4 Å². The Hall–Kier alpha value is -3.47. The van der Waals surface area contributed by atoms with Gasteiger partial charge >= 0.3 is 12.1 Å². The third-order valence-corrected chi connectivity index (χ3v) is 4.62. The van der Waals surface area contributed by atoms with Gasteiger partial charge in [-0.05, 0) is 42.8 Å². The van der Waals surface area contributed by atoms with Crippen molar-refractivity contribution in [3.63, 3.8) is 0 Å². The lowest BCUT2D eigenvalue weighted by Crippen LogP contribution is -2.22. The molecule has 35 heavy (non-hydrogen) atoms. The zero-order chi connectivity index (χ0) is 25.8. The van der Waals surface area contributed by atoms with Gasteiger partial charge in [-0.15, -0.1) is 0 Å². The standard InChI is InChI=1S/C24H28F3NO7/c1-4-5-10-33-20-8-6-16(13-21(20)32-3)23(30)35-15-22(29)28-18-14-17(24(25,26)27)7-9-19(18)34-12-11-31-2/h6-9,13-14H,4-5,10-12,15H2,1-3H3,(H,28,29). The number of anilines is 1. The number of benzene rings is 2.